The number of amides is 1. The minimum atomic E-state index is -0.277. The van der Waals surface area contributed by atoms with Gasteiger partial charge in [0, 0.05) is 37.1 Å². The molecule has 1 atom stereocenters. The van der Waals surface area contributed by atoms with Crippen molar-refractivity contribution in [3.8, 4) is 11.5 Å². The van der Waals surface area contributed by atoms with Crippen LogP contribution in [-0.2, 0) is 19.6 Å². The smallest absolute Gasteiger partial charge is 0.273 e. The summed E-state index contributed by atoms with van der Waals surface area (Å²) in [5.41, 5.74) is 2.23. The first kappa shape index (κ1) is 23.3. The zero-order valence-electron chi connectivity index (χ0n) is 19.0. The fourth-order valence-electron chi connectivity index (χ4n) is 3.29. The van der Waals surface area contributed by atoms with Crippen molar-refractivity contribution in [1.29, 1.82) is 0 Å². The summed E-state index contributed by atoms with van der Waals surface area (Å²) in [5, 5.41) is 2.85. The van der Waals surface area contributed by atoms with Crippen LogP contribution in [0.2, 0.25) is 0 Å². The molecule has 170 valence electrons. The van der Waals surface area contributed by atoms with Gasteiger partial charge in [0.2, 0.25) is 5.89 Å². The highest BCUT2D eigenvalue weighted by Gasteiger charge is 2.20. The number of rotatable bonds is 11. The molecule has 1 N–H and O–H groups in total. The van der Waals surface area contributed by atoms with Crippen LogP contribution < -0.4 is 14.8 Å². The van der Waals surface area contributed by atoms with Crippen LogP contribution >= 0.6 is 0 Å². The molecule has 8 nitrogen and oxygen atoms in total. The Morgan fingerprint density at radius 3 is 2.62 bits per heavy atom. The fourth-order valence-corrected chi connectivity index (χ4v) is 3.29. The molecule has 1 aromatic carbocycles. The third-order valence-electron chi connectivity index (χ3n) is 5.40. The van der Waals surface area contributed by atoms with Gasteiger partial charge in [-0.2, -0.15) is 0 Å². The molecular weight excluding hydrogens is 408 g/mol. The van der Waals surface area contributed by atoms with Crippen molar-refractivity contribution in [2.45, 2.75) is 45.9 Å². The van der Waals surface area contributed by atoms with Crippen LogP contribution in [0.4, 0.5) is 0 Å². The van der Waals surface area contributed by atoms with Crippen LogP contribution in [0.25, 0.3) is 0 Å². The quantitative estimate of drug-likeness (QED) is 0.487. The van der Waals surface area contributed by atoms with Crippen molar-refractivity contribution in [2.24, 2.45) is 0 Å². The van der Waals surface area contributed by atoms with Crippen LogP contribution in [0.5, 0.6) is 11.5 Å². The maximum atomic E-state index is 12.5. The highest BCUT2D eigenvalue weighted by molar-refractivity contribution is 5.91. The number of pyridine rings is 1. The van der Waals surface area contributed by atoms with Gasteiger partial charge in [-0.3, -0.25) is 14.7 Å². The molecule has 3 aromatic rings. The standard InChI is InChI=1S/C24H30N4O4/c1-5-17(2)28(14-19-12-20(30-3)6-7-22(19)31-4)15-23-27-21(16-32-23)24(29)26-13-18-8-10-25-11-9-18/h6-12,16-17H,5,13-15H2,1-4H3,(H,26,29)/t17-/m0/s1. The number of benzene rings is 1. The lowest BCUT2D eigenvalue weighted by atomic mass is 10.1. The van der Waals surface area contributed by atoms with E-state index in [1.165, 1.54) is 6.26 Å². The van der Waals surface area contributed by atoms with Crippen LogP contribution in [-0.4, -0.2) is 41.0 Å². The molecule has 0 aliphatic heterocycles. The van der Waals surface area contributed by atoms with E-state index in [0.717, 1.165) is 29.0 Å². The van der Waals surface area contributed by atoms with Crippen molar-refractivity contribution >= 4 is 5.91 Å². The number of aromatic nitrogens is 2. The topological polar surface area (TPSA) is 89.7 Å². The van der Waals surface area contributed by atoms with Crippen LogP contribution in [0, 0.1) is 0 Å². The van der Waals surface area contributed by atoms with E-state index in [1.54, 1.807) is 26.6 Å². The first-order valence-electron chi connectivity index (χ1n) is 10.6. The molecule has 0 aliphatic carbocycles. The lowest BCUT2D eigenvalue weighted by Crippen LogP contribution is -2.32. The van der Waals surface area contributed by atoms with E-state index in [1.807, 2.05) is 30.3 Å². The highest BCUT2D eigenvalue weighted by Crippen LogP contribution is 2.27. The Bertz CT molecular complexity index is 1010. The van der Waals surface area contributed by atoms with E-state index in [0.29, 0.717) is 25.5 Å². The van der Waals surface area contributed by atoms with Gasteiger partial charge in [-0.15, -0.1) is 0 Å². The number of oxazole rings is 1. The van der Waals surface area contributed by atoms with Gasteiger partial charge in [0.15, 0.2) is 5.69 Å². The van der Waals surface area contributed by atoms with E-state index >= 15 is 0 Å². The summed E-state index contributed by atoms with van der Waals surface area (Å²) in [4.78, 5) is 23.1. The van der Waals surface area contributed by atoms with Crippen LogP contribution in [0.1, 0.15) is 47.8 Å². The average molecular weight is 439 g/mol. The minimum Gasteiger partial charge on any atom is -0.497 e. The van der Waals surface area contributed by atoms with Gasteiger partial charge in [0.05, 0.1) is 20.8 Å². The summed E-state index contributed by atoms with van der Waals surface area (Å²) in [6.45, 7) is 5.78. The van der Waals surface area contributed by atoms with Gasteiger partial charge in [-0.25, -0.2) is 4.98 Å². The van der Waals surface area contributed by atoms with Crippen molar-refractivity contribution in [2.75, 3.05) is 14.2 Å². The molecule has 8 heteroatoms. The molecule has 3 rings (SSSR count). The number of ether oxygens (including phenoxy) is 2. The summed E-state index contributed by atoms with van der Waals surface area (Å²) in [5.74, 6) is 1.78. The summed E-state index contributed by atoms with van der Waals surface area (Å²) in [7, 11) is 3.30. The van der Waals surface area contributed by atoms with Gasteiger partial charge < -0.3 is 19.2 Å². The maximum Gasteiger partial charge on any atom is 0.273 e. The second-order valence-electron chi connectivity index (χ2n) is 7.50. The fraction of sp³-hybridized carbons (Fsp3) is 0.375. The van der Waals surface area contributed by atoms with Gasteiger partial charge in [-0.05, 0) is 49.2 Å². The zero-order valence-corrected chi connectivity index (χ0v) is 19.0. The Labute approximate surface area is 188 Å². The van der Waals surface area contributed by atoms with E-state index in [2.05, 4.69) is 34.0 Å². The zero-order chi connectivity index (χ0) is 22.9. The largest absolute Gasteiger partial charge is 0.497 e. The Morgan fingerprint density at radius 2 is 1.94 bits per heavy atom. The van der Waals surface area contributed by atoms with Crippen LogP contribution in [0.3, 0.4) is 0 Å². The van der Waals surface area contributed by atoms with Crippen LogP contribution in [0.15, 0.2) is 53.4 Å². The van der Waals surface area contributed by atoms with Crippen molar-refractivity contribution in [3.63, 3.8) is 0 Å². The molecule has 0 unspecified atom stereocenters. The molecule has 0 bridgehead atoms. The van der Waals surface area contributed by atoms with Crippen molar-refractivity contribution in [1.82, 2.24) is 20.2 Å². The lowest BCUT2D eigenvalue weighted by Gasteiger charge is -2.28. The Morgan fingerprint density at radius 1 is 1.16 bits per heavy atom. The van der Waals surface area contributed by atoms with Gasteiger partial charge in [0.1, 0.15) is 17.8 Å². The van der Waals surface area contributed by atoms with Crippen molar-refractivity contribution < 1.29 is 18.7 Å². The summed E-state index contributed by atoms with van der Waals surface area (Å²) >= 11 is 0. The lowest BCUT2D eigenvalue weighted by molar-refractivity contribution is 0.0945. The molecule has 0 spiro atoms. The van der Waals surface area contributed by atoms with Gasteiger partial charge >= 0.3 is 0 Å². The number of methoxy groups -OCH3 is 2. The molecule has 0 radical (unpaired) electrons. The Kier molecular flexibility index (Phi) is 8.21. The maximum absolute atomic E-state index is 12.5. The van der Waals surface area contributed by atoms with Gasteiger partial charge in [0.25, 0.3) is 5.91 Å². The molecule has 0 fully saturated rings. The Hall–Kier alpha value is -3.39. The second-order valence-corrected chi connectivity index (χ2v) is 7.50. The monoisotopic (exact) mass is 438 g/mol. The molecule has 0 aliphatic rings. The third-order valence-corrected chi connectivity index (χ3v) is 5.40. The summed E-state index contributed by atoms with van der Waals surface area (Å²) < 4.78 is 16.5. The molecule has 1 amide bonds. The second kappa shape index (κ2) is 11.3. The number of hydrogen-bond donors (Lipinski definition) is 1. The van der Waals surface area contributed by atoms with E-state index < -0.39 is 0 Å². The number of nitrogens with zero attached hydrogens (tertiary/aromatic N) is 3. The Balaban J connectivity index is 1.69. The van der Waals surface area contributed by atoms with E-state index in [-0.39, 0.29) is 17.6 Å². The predicted octanol–water partition coefficient (Wildman–Crippen LogP) is 3.82. The molecular formula is C24H30N4O4. The predicted molar refractivity (Wildman–Crippen MR) is 120 cm³/mol. The van der Waals surface area contributed by atoms with Gasteiger partial charge in [-0.1, -0.05) is 6.92 Å². The minimum absolute atomic E-state index is 0.261. The first-order valence-corrected chi connectivity index (χ1v) is 10.6. The van der Waals surface area contributed by atoms with E-state index in [9.17, 15) is 4.79 Å². The normalized spacial score (nSPS) is 11.9. The van der Waals surface area contributed by atoms with E-state index in [4.69, 9.17) is 13.9 Å². The third kappa shape index (κ3) is 6.07. The number of carbonyl (C=O) groups excluding carboxylic acids is 1. The summed E-state index contributed by atoms with van der Waals surface area (Å²) in [6, 6.07) is 9.72. The highest BCUT2D eigenvalue weighted by atomic mass is 16.5. The average Bonchev–Trinajstić information content (AvgIpc) is 3.30. The number of carbonyl (C=O) groups is 1. The summed E-state index contributed by atoms with van der Waals surface area (Å²) in [6.07, 6.45) is 5.73. The SMILES string of the molecule is CC[C@H](C)N(Cc1nc(C(=O)NCc2ccncc2)co1)Cc1cc(OC)ccc1OC. The number of hydrogen-bond acceptors (Lipinski definition) is 7. The molecule has 0 saturated heterocycles. The number of nitrogens with one attached hydrogen (secondary N) is 1. The molecule has 32 heavy (non-hydrogen) atoms. The van der Waals surface area contributed by atoms with Crippen molar-refractivity contribution in [3.05, 3.63) is 71.7 Å². The molecule has 0 saturated carbocycles. The first-order chi connectivity index (χ1) is 15.5. The molecule has 2 aromatic heterocycles. The molecule has 2 heterocycles.